The highest BCUT2D eigenvalue weighted by atomic mass is 35.5. The highest BCUT2D eigenvalue weighted by Crippen LogP contribution is 2.47. The average Bonchev–Trinajstić information content (AvgIpc) is 3.48. The molecule has 0 saturated carbocycles. The third-order valence-electron chi connectivity index (χ3n) is 7.50. The Bertz CT molecular complexity index is 1820. The van der Waals surface area contributed by atoms with Gasteiger partial charge in [0, 0.05) is 53.1 Å². The van der Waals surface area contributed by atoms with Crippen LogP contribution in [0.2, 0.25) is 10.0 Å². The summed E-state index contributed by atoms with van der Waals surface area (Å²) in [5, 5.41) is 4.61. The normalized spacial score (nSPS) is 17.5. The van der Waals surface area contributed by atoms with Crippen molar-refractivity contribution in [3.8, 4) is 0 Å². The van der Waals surface area contributed by atoms with Gasteiger partial charge in [0.2, 0.25) is 5.52 Å². The number of fused-ring (bicyclic) bond motifs is 2. The van der Waals surface area contributed by atoms with E-state index in [1.165, 1.54) is 0 Å². The second-order valence-electron chi connectivity index (χ2n) is 10.9. The number of thiazole rings is 1. The molecule has 244 valence electrons. The summed E-state index contributed by atoms with van der Waals surface area (Å²) < 4.78 is 66.0. The van der Waals surface area contributed by atoms with Crippen molar-refractivity contribution in [3.63, 3.8) is 0 Å². The first kappa shape index (κ1) is 34.6. The number of hydroxylamine groups is 2. The number of rotatable bonds is 13. The van der Waals surface area contributed by atoms with Crippen LogP contribution in [0, 0.1) is 0 Å². The van der Waals surface area contributed by atoms with Crippen molar-refractivity contribution in [2.45, 2.75) is 56.9 Å². The van der Waals surface area contributed by atoms with Crippen molar-refractivity contribution in [3.05, 3.63) is 68.1 Å². The van der Waals surface area contributed by atoms with Crippen LogP contribution in [0.4, 0.5) is 5.69 Å². The summed E-state index contributed by atoms with van der Waals surface area (Å²) in [6.07, 6.45) is 8.47. The highest BCUT2D eigenvalue weighted by Gasteiger charge is 2.28. The van der Waals surface area contributed by atoms with E-state index in [4.69, 9.17) is 27.5 Å². The van der Waals surface area contributed by atoms with E-state index in [0.717, 1.165) is 55.7 Å². The predicted molar refractivity (Wildman–Crippen MR) is 184 cm³/mol. The van der Waals surface area contributed by atoms with Gasteiger partial charge >= 0.3 is 0 Å². The molecule has 0 unspecified atom stereocenters. The van der Waals surface area contributed by atoms with Gasteiger partial charge < -0.3 is 4.90 Å². The topological polar surface area (TPSA) is 108 Å². The largest absolute Gasteiger partial charge is 0.335 e. The Labute approximate surface area is 283 Å². The van der Waals surface area contributed by atoms with Crippen LogP contribution >= 0.6 is 46.3 Å². The van der Waals surface area contributed by atoms with Gasteiger partial charge in [-0.05, 0) is 67.7 Å². The number of halogens is 2. The van der Waals surface area contributed by atoms with Gasteiger partial charge in [0.05, 0.1) is 22.2 Å². The molecule has 0 spiro atoms. The van der Waals surface area contributed by atoms with Crippen LogP contribution in [-0.2, 0) is 31.1 Å². The lowest BCUT2D eigenvalue weighted by atomic mass is 10.2. The van der Waals surface area contributed by atoms with Gasteiger partial charge in [0.1, 0.15) is 4.70 Å². The zero-order valence-electron chi connectivity index (χ0n) is 24.8. The van der Waals surface area contributed by atoms with E-state index in [1.807, 2.05) is 41.0 Å². The molecule has 1 fully saturated rings. The Morgan fingerprint density at radius 2 is 1.76 bits per heavy atom. The minimum atomic E-state index is -4.08. The summed E-state index contributed by atoms with van der Waals surface area (Å²) in [6, 6.07) is 11.4. The number of aromatic nitrogens is 1. The van der Waals surface area contributed by atoms with Gasteiger partial charge in [-0.2, -0.15) is 30.7 Å². The Balaban J connectivity index is 1.41. The van der Waals surface area contributed by atoms with Crippen molar-refractivity contribution in [2.75, 3.05) is 36.0 Å². The van der Waals surface area contributed by atoms with E-state index in [0.29, 0.717) is 49.1 Å². The maximum Gasteiger partial charge on any atom is 0.283 e. The molecule has 3 heterocycles. The lowest BCUT2D eigenvalue weighted by molar-refractivity contribution is -0.668. The number of thioether (sulfide) groups is 1. The first-order valence-corrected chi connectivity index (χ1v) is 20.4. The summed E-state index contributed by atoms with van der Waals surface area (Å²) in [4.78, 5) is 3.14. The zero-order chi connectivity index (χ0) is 32.2. The second kappa shape index (κ2) is 15.0. The summed E-state index contributed by atoms with van der Waals surface area (Å²) in [5.74, 6) is -0.435. The van der Waals surface area contributed by atoms with Crippen LogP contribution < -0.4 is 9.47 Å². The van der Waals surface area contributed by atoms with E-state index in [9.17, 15) is 21.4 Å². The molecular weight excluding hydrogens is 698 g/mol. The van der Waals surface area contributed by atoms with E-state index < -0.39 is 20.2 Å². The minimum absolute atomic E-state index is 0.0990. The van der Waals surface area contributed by atoms with Crippen molar-refractivity contribution < 1.29 is 30.2 Å². The van der Waals surface area contributed by atoms with E-state index in [1.54, 1.807) is 28.2 Å². The molecule has 1 aromatic heterocycles. The molecule has 3 aromatic rings. The number of aryl methyl sites for hydroxylation is 1. The number of hydrogen-bond acceptors (Lipinski definition) is 9. The summed E-state index contributed by atoms with van der Waals surface area (Å²) in [7, 11) is -7.79. The van der Waals surface area contributed by atoms with Crippen LogP contribution in [0.1, 0.15) is 50.5 Å². The van der Waals surface area contributed by atoms with Crippen molar-refractivity contribution in [1.29, 1.82) is 0 Å². The van der Waals surface area contributed by atoms with Crippen molar-refractivity contribution in [1.82, 2.24) is 5.06 Å². The standard InChI is InChI=1S/C30H35Cl2N3O6S4/c1-2-22(18-29-34(14-6-16-44(36,37)38)25-20-23(31)8-10-27(25)42-29)19-30-35(26-21-24(32)9-11-28(26)43-30)15-7-17-45(39,40)41-33-12-4-3-5-13-33/h8-11,18-21H,2-7,12-17H2,1H3/p+1. The first-order valence-electron chi connectivity index (χ1n) is 14.8. The van der Waals surface area contributed by atoms with Crippen LogP contribution in [0.25, 0.3) is 16.3 Å². The maximum absolute atomic E-state index is 12.7. The van der Waals surface area contributed by atoms with Gasteiger partial charge in [0.15, 0.2) is 6.54 Å². The van der Waals surface area contributed by atoms with Gasteiger partial charge in [-0.15, -0.1) is 0 Å². The summed E-state index contributed by atoms with van der Waals surface area (Å²) >= 11 is 15.9. The van der Waals surface area contributed by atoms with E-state index >= 15 is 0 Å². The fraction of sp³-hybridized carbons (Fsp3) is 0.433. The summed E-state index contributed by atoms with van der Waals surface area (Å²) in [6.45, 7) is 4.16. The number of nitrogens with zero attached hydrogens (tertiary/aromatic N) is 3. The van der Waals surface area contributed by atoms with Gasteiger partial charge in [0.25, 0.3) is 25.2 Å². The smallest absolute Gasteiger partial charge is 0.283 e. The molecule has 0 bridgehead atoms. The number of piperidine rings is 1. The molecule has 1 saturated heterocycles. The average molecular weight is 734 g/mol. The minimum Gasteiger partial charge on any atom is -0.335 e. The predicted octanol–water partition coefficient (Wildman–Crippen LogP) is 7.16. The lowest BCUT2D eigenvalue weighted by Gasteiger charge is -2.25. The SMILES string of the molecule is CCC(=Cc1sc2ccc(Cl)cc2[n+]1CCCS(=O)(=O)O)C=C1Sc2ccc(Cl)cc2N1CCCS(=O)(=O)ON1CCCCC1. The van der Waals surface area contributed by atoms with Crippen LogP contribution in [0.5, 0.6) is 0 Å². The zero-order valence-corrected chi connectivity index (χ0v) is 29.6. The fourth-order valence-electron chi connectivity index (χ4n) is 5.33. The molecular formula is C30H36Cl2N3O6S4+. The van der Waals surface area contributed by atoms with Crippen molar-refractivity contribution >= 4 is 88.5 Å². The molecule has 15 heteroatoms. The molecule has 5 rings (SSSR count). The quantitative estimate of drug-likeness (QED) is 0.145. The molecule has 0 aliphatic carbocycles. The molecule has 1 N–H and O–H groups in total. The molecule has 0 atom stereocenters. The van der Waals surface area contributed by atoms with Gasteiger partial charge in [-0.25, -0.2) is 0 Å². The first-order chi connectivity index (χ1) is 21.4. The summed E-state index contributed by atoms with van der Waals surface area (Å²) in [5.41, 5.74) is 2.85. The third kappa shape index (κ3) is 9.45. The van der Waals surface area contributed by atoms with Crippen LogP contribution in [0.3, 0.4) is 0 Å². The number of hydrogen-bond donors (Lipinski definition) is 1. The Hall–Kier alpha value is -1.68. The third-order valence-corrected chi connectivity index (χ3v) is 12.2. The molecule has 9 nitrogen and oxygen atoms in total. The number of benzene rings is 2. The molecule has 45 heavy (non-hydrogen) atoms. The monoisotopic (exact) mass is 732 g/mol. The number of anilines is 1. The van der Waals surface area contributed by atoms with Crippen LogP contribution in [-0.4, -0.2) is 57.6 Å². The Kier molecular flexibility index (Phi) is 11.6. The molecule has 0 amide bonds. The molecule has 2 aromatic carbocycles. The number of allylic oxidation sites excluding steroid dienone is 2. The van der Waals surface area contributed by atoms with Gasteiger partial charge in [-0.1, -0.05) is 59.6 Å². The van der Waals surface area contributed by atoms with E-state index in [-0.39, 0.29) is 17.9 Å². The fourth-order valence-corrected chi connectivity index (χ4v) is 9.47. The lowest BCUT2D eigenvalue weighted by Crippen LogP contribution is -2.36. The Morgan fingerprint density at radius 3 is 2.49 bits per heavy atom. The maximum atomic E-state index is 12.7. The highest BCUT2D eigenvalue weighted by molar-refractivity contribution is 8.03. The van der Waals surface area contributed by atoms with Crippen LogP contribution in [0.15, 0.2) is 58.0 Å². The molecule has 2 aliphatic heterocycles. The van der Waals surface area contributed by atoms with Gasteiger partial charge in [-0.3, -0.25) is 4.55 Å². The second-order valence-corrected chi connectivity index (χ2v) is 17.2. The Morgan fingerprint density at radius 1 is 1.02 bits per heavy atom. The molecule has 0 radical (unpaired) electrons. The molecule has 2 aliphatic rings. The van der Waals surface area contributed by atoms with E-state index in [2.05, 4.69) is 24.0 Å². The van der Waals surface area contributed by atoms with Crippen molar-refractivity contribution in [2.24, 2.45) is 0 Å².